The van der Waals surface area contributed by atoms with Gasteiger partial charge in [-0.05, 0) is 32.1 Å². The van der Waals surface area contributed by atoms with Crippen LogP contribution in [0.2, 0.25) is 0 Å². The zero-order valence-electron chi connectivity index (χ0n) is 8.10. The van der Waals surface area contributed by atoms with Gasteiger partial charge in [0.2, 0.25) is 5.91 Å². The van der Waals surface area contributed by atoms with Crippen molar-refractivity contribution in [2.24, 2.45) is 5.92 Å². The van der Waals surface area contributed by atoms with E-state index < -0.39 is 0 Å². The Morgan fingerprint density at radius 1 is 1.58 bits per heavy atom. The van der Waals surface area contributed by atoms with Crippen LogP contribution in [0.1, 0.15) is 46.0 Å². The highest BCUT2D eigenvalue weighted by atomic mass is 16.1. The highest BCUT2D eigenvalue weighted by Crippen LogP contribution is 2.29. The van der Waals surface area contributed by atoms with Gasteiger partial charge in [0.15, 0.2) is 0 Å². The van der Waals surface area contributed by atoms with Crippen molar-refractivity contribution >= 4 is 5.91 Å². The average Bonchev–Trinajstić information content (AvgIpc) is 1.97. The number of rotatable bonds is 4. The number of amides is 1. The fourth-order valence-corrected chi connectivity index (χ4v) is 1.39. The lowest BCUT2D eigenvalue weighted by Crippen LogP contribution is -2.34. The van der Waals surface area contributed by atoms with Crippen LogP contribution in [0.4, 0.5) is 0 Å². The van der Waals surface area contributed by atoms with E-state index in [4.69, 9.17) is 0 Å². The summed E-state index contributed by atoms with van der Waals surface area (Å²) in [4.78, 5) is 11.3. The predicted octanol–water partition coefficient (Wildman–Crippen LogP) is 2.09. The number of carbonyl (C=O) groups is 1. The van der Waals surface area contributed by atoms with E-state index in [-0.39, 0.29) is 5.91 Å². The second-order valence-electron chi connectivity index (χ2n) is 3.88. The lowest BCUT2D eigenvalue weighted by Gasteiger charge is -2.25. The number of hydrogen-bond acceptors (Lipinski definition) is 1. The third kappa shape index (κ3) is 2.84. The molecule has 1 aliphatic carbocycles. The number of nitrogens with one attached hydrogen (secondary N) is 1. The van der Waals surface area contributed by atoms with E-state index in [9.17, 15) is 4.79 Å². The van der Waals surface area contributed by atoms with Crippen LogP contribution in [-0.4, -0.2) is 11.9 Å². The number of hydrogen-bond donors (Lipinski definition) is 1. The normalized spacial score (nSPS) is 19.8. The molecule has 1 rings (SSSR count). The molecule has 12 heavy (non-hydrogen) atoms. The molecule has 1 saturated carbocycles. The summed E-state index contributed by atoms with van der Waals surface area (Å²) in [5, 5.41) is 2.99. The molecule has 1 atom stereocenters. The summed E-state index contributed by atoms with van der Waals surface area (Å²) in [6.45, 7) is 4.15. The largest absolute Gasteiger partial charge is 0.354 e. The maximum absolute atomic E-state index is 11.3. The molecule has 2 nitrogen and oxygen atoms in total. The molecule has 0 aromatic carbocycles. The fraction of sp³-hybridized carbons (Fsp3) is 0.900. The second-order valence-corrected chi connectivity index (χ2v) is 3.88. The van der Waals surface area contributed by atoms with E-state index in [1.165, 1.54) is 19.3 Å². The Labute approximate surface area is 74.7 Å². The quantitative estimate of drug-likeness (QED) is 0.686. The van der Waals surface area contributed by atoms with Gasteiger partial charge in [0.1, 0.15) is 0 Å². The molecule has 0 aromatic rings. The molecule has 1 unspecified atom stereocenters. The third-order valence-corrected chi connectivity index (χ3v) is 2.72. The molecule has 70 valence electrons. The summed E-state index contributed by atoms with van der Waals surface area (Å²) in [6, 6.07) is 0.345. The Balaban J connectivity index is 2.10. The molecule has 0 radical (unpaired) electrons. The van der Waals surface area contributed by atoms with E-state index in [2.05, 4.69) is 19.2 Å². The van der Waals surface area contributed by atoms with Crippen LogP contribution in [0.25, 0.3) is 0 Å². The molecule has 1 aliphatic rings. The summed E-state index contributed by atoms with van der Waals surface area (Å²) >= 11 is 0. The van der Waals surface area contributed by atoms with Crippen molar-refractivity contribution in [3.63, 3.8) is 0 Å². The first kappa shape index (κ1) is 9.56. The van der Waals surface area contributed by atoms with Crippen molar-refractivity contribution < 1.29 is 4.79 Å². The number of carbonyl (C=O) groups excluding carboxylic acids is 1. The topological polar surface area (TPSA) is 29.1 Å². The first-order valence-electron chi connectivity index (χ1n) is 5.01. The SMILES string of the molecule is CCC(C)NC(=O)CC1CCC1. The summed E-state index contributed by atoms with van der Waals surface area (Å²) < 4.78 is 0. The molecule has 1 fully saturated rings. The monoisotopic (exact) mass is 169 g/mol. The molecule has 0 saturated heterocycles. The summed E-state index contributed by atoms with van der Waals surface area (Å²) in [5.41, 5.74) is 0. The first-order chi connectivity index (χ1) is 5.72. The molecule has 0 aliphatic heterocycles. The zero-order valence-corrected chi connectivity index (χ0v) is 8.10. The second kappa shape index (κ2) is 4.48. The summed E-state index contributed by atoms with van der Waals surface area (Å²) in [7, 11) is 0. The summed E-state index contributed by atoms with van der Waals surface area (Å²) in [6.07, 6.45) is 5.61. The van der Waals surface area contributed by atoms with Gasteiger partial charge in [-0.2, -0.15) is 0 Å². The molecule has 2 heteroatoms. The van der Waals surface area contributed by atoms with Gasteiger partial charge in [-0.25, -0.2) is 0 Å². The Kier molecular flexibility index (Phi) is 3.57. The average molecular weight is 169 g/mol. The van der Waals surface area contributed by atoms with Crippen molar-refractivity contribution in [1.29, 1.82) is 0 Å². The van der Waals surface area contributed by atoms with E-state index in [1.807, 2.05) is 0 Å². The van der Waals surface area contributed by atoms with E-state index >= 15 is 0 Å². The lowest BCUT2D eigenvalue weighted by atomic mass is 9.83. The first-order valence-corrected chi connectivity index (χ1v) is 5.01. The van der Waals surface area contributed by atoms with E-state index in [0.717, 1.165) is 12.8 Å². The minimum Gasteiger partial charge on any atom is -0.354 e. The van der Waals surface area contributed by atoms with Gasteiger partial charge in [0, 0.05) is 12.5 Å². The molecular weight excluding hydrogens is 150 g/mol. The smallest absolute Gasteiger partial charge is 0.220 e. The van der Waals surface area contributed by atoms with Crippen molar-refractivity contribution in [1.82, 2.24) is 5.32 Å². The zero-order chi connectivity index (χ0) is 8.97. The van der Waals surface area contributed by atoms with Crippen LogP contribution in [0.5, 0.6) is 0 Å². The van der Waals surface area contributed by atoms with Gasteiger partial charge in [-0.3, -0.25) is 4.79 Å². The van der Waals surface area contributed by atoms with Gasteiger partial charge in [0.25, 0.3) is 0 Å². The fourth-order valence-electron chi connectivity index (χ4n) is 1.39. The molecule has 0 bridgehead atoms. The van der Waals surface area contributed by atoms with Crippen molar-refractivity contribution in [3.8, 4) is 0 Å². The Hall–Kier alpha value is -0.530. The third-order valence-electron chi connectivity index (χ3n) is 2.72. The van der Waals surface area contributed by atoms with Gasteiger partial charge in [0.05, 0.1) is 0 Å². The van der Waals surface area contributed by atoms with Crippen LogP contribution >= 0.6 is 0 Å². The maximum atomic E-state index is 11.3. The van der Waals surface area contributed by atoms with Gasteiger partial charge in [-0.15, -0.1) is 0 Å². The van der Waals surface area contributed by atoms with Crippen molar-refractivity contribution in [3.05, 3.63) is 0 Å². The van der Waals surface area contributed by atoms with Crippen molar-refractivity contribution in [2.75, 3.05) is 0 Å². The Morgan fingerprint density at radius 3 is 2.67 bits per heavy atom. The van der Waals surface area contributed by atoms with Gasteiger partial charge >= 0.3 is 0 Å². The summed E-state index contributed by atoms with van der Waals surface area (Å²) in [5.74, 6) is 0.933. The van der Waals surface area contributed by atoms with E-state index in [0.29, 0.717) is 12.0 Å². The minimum atomic E-state index is 0.244. The standard InChI is InChI=1S/C10H19NO/c1-3-8(2)11-10(12)7-9-5-4-6-9/h8-9H,3-7H2,1-2H3,(H,11,12). The van der Waals surface area contributed by atoms with Gasteiger partial charge < -0.3 is 5.32 Å². The molecule has 0 spiro atoms. The lowest BCUT2D eigenvalue weighted by molar-refractivity contribution is -0.123. The van der Waals surface area contributed by atoms with Crippen LogP contribution in [0.15, 0.2) is 0 Å². The van der Waals surface area contributed by atoms with Crippen LogP contribution in [0, 0.1) is 5.92 Å². The highest BCUT2D eigenvalue weighted by Gasteiger charge is 2.20. The van der Waals surface area contributed by atoms with Gasteiger partial charge in [-0.1, -0.05) is 13.3 Å². The highest BCUT2D eigenvalue weighted by molar-refractivity contribution is 5.76. The van der Waals surface area contributed by atoms with Crippen LogP contribution in [-0.2, 0) is 4.79 Å². The molecule has 1 amide bonds. The molecule has 0 aromatic heterocycles. The molecular formula is C10H19NO. The Morgan fingerprint density at radius 2 is 2.25 bits per heavy atom. The maximum Gasteiger partial charge on any atom is 0.220 e. The molecule has 1 N–H and O–H groups in total. The minimum absolute atomic E-state index is 0.244. The van der Waals surface area contributed by atoms with E-state index in [1.54, 1.807) is 0 Å². The van der Waals surface area contributed by atoms with Crippen LogP contribution < -0.4 is 5.32 Å². The van der Waals surface area contributed by atoms with Crippen molar-refractivity contribution in [2.45, 2.75) is 52.0 Å². The molecule has 0 heterocycles. The predicted molar refractivity (Wildman–Crippen MR) is 49.9 cm³/mol. The Bertz CT molecular complexity index is 143. The van der Waals surface area contributed by atoms with Crippen LogP contribution in [0.3, 0.4) is 0 Å².